The summed E-state index contributed by atoms with van der Waals surface area (Å²) >= 11 is 6.05. The van der Waals surface area contributed by atoms with Gasteiger partial charge >= 0.3 is 0 Å². The van der Waals surface area contributed by atoms with Crippen molar-refractivity contribution >= 4 is 23.2 Å². The number of anilines is 1. The summed E-state index contributed by atoms with van der Waals surface area (Å²) in [4.78, 5) is 12.4. The maximum Gasteiger partial charge on any atom is 0.248 e. The van der Waals surface area contributed by atoms with Gasteiger partial charge in [0, 0.05) is 23.1 Å². The molecular weight excluding hydrogens is 322 g/mol. The SMILES string of the molecule is Cc1cc(-c2cccc(Cl)c2)ccc1NC(=O)C(C)n1cccn1. The standard InChI is InChI=1S/C19H18ClN3O/c1-13-11-16(15-5-3-6-17(20)12-15)7-8-18(13)22-19(24)14(2)23-10-4-9-21-23/h3-12,14H,1-2H3,(H,22,24). The van der Waals surface area contributed by atoms with Gasteiger partial charge in [-0.15, -0.1) is 0 Å². The van der Waals surface area contributed by atoms with E-state index in [1.807, 2.05) is 56.3 Å². The summed E-state index contributed by atoms with van der Waals surface area (Å²) in [6.45, 7) is 3.79. The van der Waals surface area contributed by atoms with Gasteiger partial charge in [0.15, 0.2) is 0 Å². The van der Waals surface area contributed by atoms with Crippen LogP contribution in [0.1, 0.15) is 18.5 Å². The molecule has 1 unspecified atom stereocenters. The Labute approximate surface area is 146 Å². The minimum absolute atomic E-state index is 0.0997. The number of hydrogen-bond acceptors (Lipinski definition) is 2. The van der Waals surface area contributed by atoms with Gasteiger partial charge in [-0.25, -0.2) is 0 Å². The van der Waals surface area contributed by atoms with Crippen molar-refractivity contribution in [1.29, 1.82) is 0 Å². The fourth-order valence-corrected chi connectivity index (χ4v) is 2.71. The van der Waals surface area contributed by atoms with Crippen LogP contribution in [0, 0.1) is 6.92 Å². The van der Waals surface area contributed by atoms with Crippen LogP contribution in [0.4, 0.5) is 5.69 Å². The fraction of sp³-hybridized carbons (Fsp3) is 0.158. The van der Waals surface area contributed by atoms with E-state index in [1.165, 1.54) is 0 Å². The Bertz CT molecular complexity index is 859. The monoisotopic (exact) mass is 339 g/mol. The third-order valence-corrected chi connectivity index (χ3v) is 4.18. The van der Waals surface area contributed by atoms with Crippen LogP contribution in [0.25, 0.3) is 11.1 Å². The van der Waals surface area contributed by atoms with E-state index >= 15 is 0 Å². The van der Waals surface area contributed by atoms with Crippen LogP contribution in [0.2, 0.25) is 5.02 Å². The Balaban J connectivity index is 1.79. The molecule has 0 aliphatic rings. The van der Waals surface area contributed by atoms with Crippen LogP contribution >= 0.6 is 11.6 Å². The number of amides is 1. The van der Waals surface area contributed by atoms with Crippen LogP contribution < -0.4 is 5.32 Å². The van der Waals surface area contributed by atoms with Gasteiger partial charge in [0.05, 0.1) is 0 Å². The second-order valence-corrected chi connectivity index (χ2v) is 6.13. The summed E-state index contributed by atoms with van der Waals surface area (Å²) < 4.78 is 1.63. The van der Waals surface area contributed by atoms with Crippen LogP contribution in [0.3, 0.4) is 0 Å². The minimum atomic E-state index is -0.369. The molecule has 0 saturated carbocycles. The molecule has 1 heterocycles. The van der Waals surface area contributed by atoms with Gasteiger partial charge in [0.25, 0.3) is 0 Å². The number of aromatic nitrogens is 2. The zero-order chi connectivity index (χ0) is 17.1. The first-order valence-corrected chi connectivity index (χ1v) is 8.09. The Kier molecular flexibility index (Phi) is 4.67. The predicted octanol–water partition coefficient (Wildman–Crippen LogP) is 4.71. The third-order valence-electron chi connectivity index (χ3n) is 3.94. The normalized spacial score (nSPS) is 12.0. The number of aryl methyl sites for hydroxylation is 1. The number of hydrogen-bond donors (Lipinski definition) is 1. The minimum Gasteiger partial charge on any atom is -0.324 e. The highest BCUT2D eigenvalue weighted by atomic mass is 35.5. The summed E-state index contributed by atoms with van der Waals surface area (Å²) in [5.41, 5.74) is 3.90. The molecule has 5 heteroatoms. The molecule has 2 aromatic carbocycles. The smallest absolute Gasteiger partial charge is 0.248 e. The number of rotatable bonds is 4. The molecule has 122 valence electrons. The topological polar surface area (TPSA) is 46.9 Å². The van der Waals surface area contributed by atoms with Crippen molar-refractivity contribution in [3.63, 3.8) is 0 Å². The molecular formula is C19H18ClN3O. The van der Waals surface area contributed by atoms with Crippen LogP contribution in [0.15, 0.2) is 60.9 Å². The van der Waals surface area contributed by atoms with Gasteiger partial charge in [-0.3, -0.25) is 9.48 Å². The van der Waals surface area contributed by atoms with Crippen molar-refractivity contribution in [3.8, 4) is 11.1 Å². The maximum absolute atomic E-state index is 12.4. The van der Waals surface area contributed by atoms with Gasteiger partial charge in [0.1, 0.15) is 6.04 Å². The molecule has 0 aliphatic carbocycles. The molecule has 0 fully saturated rings. The lowest BCUT2D eigenvalue weighted by Crippen LogP contribution is -2.24. The summed E-state index contributed by atoms with van der Waals surface area (Å²) in [6, 6.07) is 15.1. The van der Waals surface area contributed by atoms with Crippen molar-refractivity contribution in [2.75, 3.05) is 5.32 Å². The number of benzene rings is 2. The molecule has 0 spiro atoms. The van der Waals surface area contributed by atoms with Gasteiger partial charge in [0.2, 0.25) is 5.91 Å². The Morgan fingerprint density at radius 1 is 1.17 bits per heavy atom. The maximum atomic E-state index is 12.4. The van der Waals surface area contributed by atoms with Crippen molar-refractivity contribution in [3.05, 3.63) is 71.5 Å². The molecule has 4 nitrogen and oxygen atoms in total. The number of carbonyl (C=O) groups excluding carboxylic acids is 1. The van der Waals surface area contributed by atoms with Gasteiger partial charge in [-0.05, 0) is 60.9 Å². The van der Waals surface area contributed by atoms with E-state index in [0.29, 0.717) is 5.02 Å². The third kappa shape index (κ3) is 3.49. The average molecular weight is 340 g/mol. The average Bonchev–Trinajstić information content (AvgIpc) is 3.10. The first-order valence-electron chi connectivity index (χ1n) is 7.71. The molecule has 1 aromatic heterocycles. The van der Waals surface area contributed by atoms with Crippen molar-refractivity contribution in [2.45, 2.75) is 19.9 Å². The second kappa shape index (κ2) is 6.89. The summed E-state index contributed by atoms with van der Waals surface area (Å²) in [5, 5.41) is 7.77. The predicted molar refractivity (Wildman–Crippen MR) is 97.2 cm³/mol. The number of halogens is 1. The van der Waals surface area contributed by atoms with E-state index in [2.05, 4.69) is 10.4 Å². The lowest BCUT2D eigenvalue weighted by molar-refractivity contribution is -0.119. The largest absolute Gasteiger partial charge is 0.324 e. The van der Waals surface area contributed by atoms with Crippen LogP contribution in [0.5, 0.6) is 0 Å². The van der Waals surface area contributed by atoms with Gasteiger partial charge in [-0.2, -0.15) is 5.10 Å². The van der Waals surface area contributed by atoms with Crippen LogP contribution in [-0.2, 0) is 4.79 Å². The Morgan fingerprint density at radius 2 is 1.96 bits per heavy atom. The highest BCUT2D eigenvalue weighted by Crippen LogP contribution is 2.27. The van der Waals surface area contributed by atoms with E-state index < -0.39 is 0 Å². The molecule has 24 heavy (non-hydrogen) atoms. The first-order chi connectivity index (χ1) is 11.5. The highest BCUT2D eigenvalue weighted by Gasteiger charge is 2.16. The Hall–Kier alpha value is -2.59. The van der Waals surface area contributed by atoms with Crippen LogP contribution in [-0.4, -0.2) is 15.7 Å². The molecule has 0 aliphatic heterocycles. The first kappa shape index (κ1) is 16.3. The quantitative estimate of drug-likeness (QED) is 0.748. The number of carbonyl (C=O) groups is 1. The molecule has 0 bridgehead atoms. The molecule has 3 aromatic rings. The van der Waals surface area contributed by atoms with Gasteiger partial charge < -0.3 is 5.32 Å². The summed E-state index contributed by atoms with van der Waals surface area (Å²) in [7, 11) is 0. The zero-order valence-corrected chi connectivity index (χ0v) is 14.3. The van der Waals surface area contributed by atoms with E-state index in [9.17, 15) is 4.79 Å². The van der Waals surface area contributed by atoms with Gasteiger partial charge in [-0.1, -0.05) is 29.8 Å². The van der Waals surface area contributed by atoms with E-state index in [4.69, 9.17) is 11.6 Å². The number of nitrogens with one attached hydrogen (secondary N) is 1. The second-order valence-electron chi connectivity index (χ2n) is 5.69. The fourth-order valence-electron chi connectivity index (χ4n) is 2.52. The molecule has 3 rings (SSSR count). The van der Waals surface area contributed by atoms with E-state index in [-0.39, 0.29) is 11.9 Å². The lowest BCUT2D eigenvalue weighted by Gasteiger charge is -2.15. The lowest BCUT2D eigenvalue weighted by atomic mass is 10.0. The Morgan fingerprint density at radius 3 is 2.62 bits per heavy atom. The highest BCUT2D eigenvalue weighted by molar-refractivity contribution is 6.30. The molecule has 1 N–H and O–H groups in total. The number of nitrogens with zero attached hydrogens (tertiary/aromatic N) is 2. The summed E-state index contributed by atoms with van der Waals surface area (Å²) in [5.74, 6) is -0.0997. The van der Waals surface area contributed by atoms with Crippen molar-refractivity contribution in [2.24, 2.45) is 0 Å². The summed E-state index contributed by atoms with van der Waals surface area (Å²) in [6.07, 6.45) is 3.44. The molecule has 0 saturated heterocycles. The van der Waals surface area contributed by atoms with E-state index in [0.717, 1.165) is 22.4 Å². The van der Waals surface area contributed by atoms with E-state index in [1.54, 1.807) is 23.1 Å². The molecule has 1 amide bonds. The van der Waals surface area contributed by atoms with Crippen molar-refractivity contribution < 1.29 is 4.79 Å². The molecule has 1 atom stereocenters. The molecule has 0 radical (unpaired) electrons. The van der Waals surface area contributed by atoms with Crippen molar-refractivity contribution in [1.82, 2.24) is 9.78 Å². The zero-order valence-electron chi connectivity index (χ0n) is 13.5.